The Morgan fingerprint density at radius 3 is 2.77 bits per heavy atom. The molecular formula is C18H22N4O4. The Morgan fingerprint density at radius 2 is 2.04 bits per heavy atom. The summed E-state index contributed by atoms with van der Waals surface area (Å²) in [5, 5.41) is 12.4. The molecule has 0 unspecified atom stereocenters. The number of nitrogens with zero attached hydrogens (tertiary/aromatic N) is 3. The average molecular weight is 358 g/mol. The summed E-state index contributed by atoms with van der Waals surface area (Å²) in [6.07, 6.45) is 0. The van der Waals surface area contributed by atoms with Crippen molar-refractivity contribution in [3.05, 3.63) is 35.9 Å². The number of benzene rings is 1. The van der Waals surface area contributed by atoms with Crippen molar-refractivity contribution in [2.45, 2.75) is 6.61 Å². The summed E-state index contributed by atoms with van der Waals surface area (Å²) < 4.78 is 21.9. The van der Waals surface area contributed by atoms with Crippen molar-refractivity contribution in [3.8, 4) is 17.6 Å². The predicted molar refractivity (Wildman–Crippen MR) is 94.3 cm³/mol. The maximum atomic E-state index is 9.25. The summed E-state index contributed by atoms with van der Waals surface area (Å²) in [7, 11) is 1.58. The van der Waals surface area contributed by atoms with E-state index in [0.29, 0.717) is 29.8 Å². The largest absolute Gasteiger partial charge is 0.493 e. The summed E-state index contributed by atoms with van der Waals surface area (Å²) in [6.45, 7) is 4.98. The molecule has 0 spiro atoms. The van der Waals surface area contributed by atoms with Crippen LogP contribution in [0.15, 0.2) is 28.7 Å². The summed E-state index contributed by atoms with van der Waals surface area (Å²) in [5.41, 5.74) is 0.227. The van der Waals surface area contributed by atoms with Gasteiger partial charge >= 0.3 is 0 Å². The van der Waals surface area contributed by atoms with E-state index in [0.717, 1.165) is 32.8 Å². The first-order chi connectivity index (χ1) is 12.8. The number of ether oxygens (including phenoxy) is 3. The number of methoxy groups -OCH3 is 1. The number of rotatable bonds is 8. The number of oxazole rings is 1. The molecule has 8 heteroatoms. The van der Waals surface area contributed by atoms with E-state index in [4.69, 9.17) is 18.6 Å². The van der Waals surface area contributed by atoms with E-state index in [1.165, 1.54) is 0 Å². The van der Waals surface area contributed by atoms with Gasteiger partial charge in [-0.2, -0.15) is 10.2 Å². The van der Waals surface area contributed by atoms with Crippen molar-refractivity contribution >= 4 is 5.88 Å². The second-order valence-corrected chi connectivity index (χ2v) is 5.72. The number of nitrogens with one attached hydrogen (secondary N) is 1. The summed E-state index contributed by atoms with van der Waals surface area (Å²) >= 11 is 0. The highest BCUT2D eigenvalue weighted by atomic mass is 16.5. The highest BCUT2D eigenvalue weighted by Gasteiger charge is 2.15. The molecule has 0 saturated carbocycles. The second-order valence-electron chi connectivity index (χ2n) is 5.72. The van der Waals surface area contributed by atoms with Crippen molar-refractivity contribution in [2.75, 3.05) is 51.8 Å². The molecule has 8 nitrogen and oxygen atoms in total. The Kier molecular flexibility index (Phi) is 6.30. The van der Waals surface area contributed by atoms with Gasteiger partial charge < -0.3 is 23.9 Å². The number of aromatic nitrogens is 1. The van der Waals surface area contributed by atoms with Crippen LogP contribution in [0.5, 0.6) is 11.5 Å². The first-order valence-corrected chi connectivity index (χ1v) is 8.49. The molecule has 0 amide bonds. The van der Waals surface area contributed by atoms with Gasteiger partial charge in [-0.15, -0.1) is 0 Å². The van der Waals surface area contributed by atoms with E-state index >= 15 is 0 Å². The Balaban J connectivity index is 1.55. The quantitative estimate of drug-likeness (QED) is 0.765. The fraction of sp³-hybridized carbons (Fsp3) is 0.444. The minimum atomic E-state index is 0.111. The molecule has 1 aliphatic rings. The monoisotopic (exact) mass is 358 g/mol. The zero-order chi connectivity index (χ0) is 18.2. The number of para-hydroxylation sites is 2. The highest BCUT2D eigenvalue weighted by molar-refractivity contribution is 5.45. The lowest BCUT2D eigenvalue weighted by Gasteiger charge is -2.26. The molecule has 1 saturated heterocycles. The third kappa shape index (κ3) is 4.65. The van der Waals surface area contributed by atoms with Crippen LogP contribution in [0.1, 0.15) is 11.6 Å². The van der Waals surface area contributed by atoms with Crippen molar-refractivity contribution in [1.29, 1.82) is 5.26 Å². The molecule has 0 aliphatic carbocycles. The van der Waals surface area contributed by atoms with Gasteiger partial charge in [-0.1, -0.05) is 12.1 Å². The Morgan fingerprint density at radius 1 is 1.27 bits per heavy atom. The van der Waals surface area contributed by atoms with E-state index < -0.39 is 0 Å². The lowest BCUT2D eigenvalue weighted by Crippen LogP contribution is -2.39. The minimum Gasteiger partial charge on any atom is -0.493 e. The van der Waals surface area contributed by atoms with Crippen LogP contribution in [0.2, 0.25) is 0 Å². The fourth-order valence-electron chi connectivity index (χ4n) is 2.65. The van der Waals surface area contributed by atoms with E-state index in [9.17, 15) is 5.26 Å². The molecule has 138 valence electrons. The molecule has 1 aliphatic heterocycles. The van der Waals surface area contributed by atoms with Gasteiger partial charge in [0.1, 0.15) is 6.07 Å². The van der Waals surface area contributed by atoms with Crippen LogP contribution in [0.3, 0.4) is 0 Å². The van der Waals surface area contributed by atoms with Gasteiger partial charge in [0, 0.05) is 26.2 Å². The van der Waals surface area contributed by atoms with E-state index in [1.807, 2.05) is 24.3 Å². The lowest BCUT2D eigenvalue weighted by molar-refractivity contribution is 0.0398. The lowest BCUT2D eigenvalue weighted by atomic mass is 10.3. The van der Waals surface area contributed by atoms with E-state index in [1.54, 1.807) is 13.2 Å². The molecule has 0 atom stereocenters. The van der Waals surface area contributed by atoms with E-state index in [2.05, 4.69) is 15.2 Å². The normalized spacial score (nSPS) is 14.6. The van der Waals surface area contributed by atoms with Crippen LogP contribution in [-0.2, 0) is 11.3 Å². The minimum absolute atomic E-state index is 0.111. The van der Waals surface area contributed by atoms with Crippen LogP contribution in [0.25, 0.3) is 0 Å². The first-order valence-electron chi connectivity index (χ1n) is 8.49. The Bertz CT molecular complexity index is 750. The van der Waals surface area contributed by atoms with Crippen molar-refractivity contribution < 1.29 is 18.6 Å². The second kappa shape index (κ2) is 9.08. The zero-order valence-electron chi connectivity index (χ0n) is 14.7. The molecule has 1 aromatic carbocycles. The number of hydrogen-bond donors (Lipinski definition) is 1. The van der Waals surface area contributed by atoms with Gasteiger partial charge in [-0.25, -0.2) is 0 Å². The molecule has 1 fully saturated rings. The highest BCUT2D eigenvalue weighted by Crippen LogP contribution is 2.27. The first kappa shape index (κ1) is 18.0. The van der Waals surface area contributed by atoms with Crippen LogP contribution >= 0.6 is 0 Å². The van der Waals surface area contributed by atoms with Gasteiger partial charge in [-0.05, 0) is 12.1 Å². The van der Waals surface area contributed by atoms with Crippen LogP contribution in [0, 0.1) is 11.3 Å². The number of nitriles is 1. The SMILES string of the molecule is COc1ccccc1OCc1nc(C#N)c(NCCN2CCOCC2)o1. The van der Waals surface area contributed by atoms with Gasteiger partial charge in [-0.3, -0.25) is 4.90 Å². The third-order valence-electron chi connectivity index (χ3n) is 4.01. The molecule has 0 radical (unpaired) electrons. The summed E-state index contributed by atoms with van der Waals surface area (Å²) in [4.78, 5) is 6.47. The molecule has 3 rings (SSSR count). The average Bonchev–Trinajstić information content (AvgIpc) is 3.09. The zero-order valence-corrected chi connectivity index (χ0v) is 14.7. The molecule has 2 heterocycles. The smallest absolute Gasteiger partial charge is 0.236 e. The summed E-state index contributed by atoms with van der Waals surface area (Å²) in [5.74, 6) is 1.93. The fourth-order valence-corrected chi connectivity index (χ4v) is 2.65. The van der Waals surface area contributed by atoms with Crippen molar-refractivity contribution in [1.82, 2.24) is 9.88 Å². The standard InChI is InChI=1S/C18H22N4O4/c1-23-15-4-2-3-5-16(15)25-13-17-21-14(12-19)18(26-17)20-6-7-22-8-10-24-11-9-22/h2-5,20H,6-11,13H2,1H3. The number of anilines is 1. The maximum Gasteiger partial charge on any atom is 0.236 e. The molecular weight excluding hydrogens is 336 g/mol. The Hall–Kier alpha value is -2.76. The van der Waals surface area contributed by atoms with Crippen LogP contribution in [-0.4, -0.2) is 56.4 Å². The van der Waals surface area contributed by atoms with Gasteiger partial charge in [0.05, 0.1) is 20.3 Å². The molecule has 1 aromatic heterocycles. The van der Waals surface area contributed by atoms with Gasteiger partial charge in [0.25, 0.3) is 0 Å². The molecule has 0 bridgehead atoms. The molecule has 26 heavy (non-hydrogen) atoms. The molecule has 2 aromatic rings. The van der Waals surface area contributed by atoms with Gasteiger partial charge in [0.2, 0.25) is 17.5 Å². The Labute approximate surface area is 152 Å². The van der Waals surface area contributed by atoms with Crippen LogP contribution < -0.4 is 14.8 Å². The maximum absolute atomic E-state index is 9.25. The predicted octanol–water partition coefficient (Wildman–Crippen LogP) is 1.88. The topological polar surface area (TPSA) is 92.8 Å². The van der Waals surface area contributed by atoms with Gasteiger partial charge in [0.15, 0.2) is 18.1 Å². The van der Waals surface area contributed by atoms with Crippen molar-refractivity contribution in [3.63, 3.8) is 0 Å². The van der Waals surface area contributed by atoms with Crippen molar-refractivity contribution in [2.24, 2.45) is 0 Å². The summed E-state index contributed by atoms with van der Waals surface area (Å²) in [6, 6.07) is 9.37. The van der Waals surface area contributed by atoms with Crippen LogP contribution in [0.4, 0.5) is 5.88 Å². The third-order valence-corrected chi connectivity index (χ3v) is 4.01. The number of hydrogen-bond acceptors (Lipinski definition) is 8. The van der Waals surface area contributed by atoms with E-state index in [-0.39, 0.29) is 12.3 Å². The molecule has 1 N–H and O–H groups in total. The number of morpholine rings is 1.